The highest BCUT2D eigenvalue weighted by Gasteiger charge is 2.20. The van der Waals surface area contributed by atoms with Crippen molar-refractivity contribution in [3.63, 3.8) is 0 Å². The van der Waals surface area contributed by atoms with Crippen LogP contribution in [-0.4, -0.2) is 65.3 Å². The Morgan fingerprint density at radius 2 is 2.14 bits per heavy atom. The lowest BCUT2D eigenvalue weighted by Crippen LogP contribution is -2.36. The van der Waals surface area contributed by atoms with Crippen LogP contribution in [0.15, 0.2) is 12.4 Å². The summed E-state index contributed by atoms with van der Waals surface area (Å²) in [6.07, 6.45) is 4.04. The zero-order valence-electron chi connectivity index (χ0n) is 13.6. The minimum atomic E-state index is 0.485. The van der Waals surface area contributed by atoms with Crippen molar-refractivity contribution in [1.29, 1.82) is 0 Å². The van der Waals surface area contributed by atoms with Gasteiger partial charge in [-0.05, 0) is 38.9 Å². The molecule has 7 heteroatoms. The van der Waals surface area contributed by atoms with Gasteiger partial charge >= 0.3 is 0 Å². The highest BCUT2D eigenvalue weighted by atomic mass is 16.5. The molecule has 1 fully saturated rings. The van der Waals surface area contributed by atoms with Gasteiger partial charge in [-0.3, -0.25) is 0 Å². The van der Waals surface area contributed by atoms with Crippen molar-refractivity contribution in [3.05, 3.63) is 18.1 Å². The molecule has 1 aliphatic rings. The van der Waals surface area contributed by atoms with E-state index < -0.39 is 0 Å². The predicted octanol–water partition coefficient (Wildman–Crippen LogP) is 1.05. The van der Waals surface area contributed by atoms with Gasteiger partial charge in [-0.25, -0.2) is 4.98 Å². The number of ether oxygens (including phenoxy) is 1. The number of hydrogen-bond acceptors (Lipinski definition) is 6. The first-order valence-corrected chi connectivity index (χ1v) is 7.75. The summed E-state index contributed by atoms with van der Waals surface area (Å²) in [5, 5.41) is 4.30. The molecule has 22 heavy (non-hydrogen) atoms. The summed E-state index contributed by atoms with van der Waals surface area (Å²) >= 11 is 0. The van der Waals surface area contributed by atoms with Crippen molar-refractivity contribution in [1.82, 2.24) is 24.5 Å². The van der Waals surface area contributed by atoms with Crippen molar-refractivity contribution < 1.29 is 4.74 Å². The standard InChI is InChI=1S/C15H24N6O/c1-19-6-4-12(5-7-19)9-20(2)14-8-13(10-22-3)18-15-16-11-17-21(14)15/h8,11-12H,4-7,9-10H2,1-3H3. The first-order valence-electron chi connectivity index (χ1n) is 7.75. The van der Waals surface area contributed by atoms with E-state index in [-0.39, 0.29) is 0 Å². The van der Waals surface area contributed by atoms with E-state index in [9.17, 15) is 0 Å². The van der Waals surface area contributed by atoms with E-state index in [4.69, 9.17) is 4.74 Å². The number of fused-ring (bicyclic) bond motifs is 1. The molecule has 0 amide bonds. The Labute approximate surface area is 130 Å². The van der Waals surface area contributed by atoms with Gasteiger partial charge < -0.3 is 14.5 Å². The molecule has 2 aromatic rings. The van der Waals surface area contributed by atoms with Gasteiger partial charge in [0.1, 0.15) is 12.1 Å². The molecule has 0 aliphatic carbocycles. The second-order valence-corrected chi connectivity index (χ2v) is 6.14. The first kappa shape index (κ1) is 15.2. The van der Waals surface area contributed by atoms with Gasteiger partial charge in [0.15, 0.2) is 0 Å². The van der Waals surface area contributed by atoms with E-state index >= 15 is 0 Å². The topological polar surface area (TPSA) is 58.8 Å². The third kappa shape index (κ3) is 3.20. The monoisotopic (exact) mass is 304 g/mol. The Morgan fingerprint density at radius 1 is 1.36 bits per heavy atom. The number of methoxy groups -OCH3 is 1. The molecule has 1 saturated heterocycles. The lowest BCUT2D eigenvalue weighted by atomic mass is 9.97. The molecule has 0 aromatic carbocycles. The minimum Gasteiger partial charge on any atom is -0.378 e. The largest absolute Gasteiger partial charge is 0.378 e. The molecule has 1 aliphatic heterocycles. The van der Waals surface area contributed by atoms with Crippen molar-refractivity contribution in [3.8, 4) is 0 Å². The molecule has 0 spiro atoms. The van der Waals surface area contributed by atoms with Gasteiger partial charge in [0.25, 0.3) is 5.78 Å². The fourth-order valence-corrected chi connectivity index (χ4v) is 3.06. The number of anilines is 1. The highest BCUT2D eigenvalue weighted by Crippen LogP contribution is 2.21. The van der Waals surface area contributed by atoms with Crippen LogP contribution >= 0.6 is 0 Å². The van der Waals surface area contributed by atoms with E-state index in [0.29, 0.717) is 12.4 Å². The molecule has 0 radical (unpaired) electrons. The number of nitrogens with zero attached hydrogens (tertiary/aromatic N) is 6. The molecule has 0 saturated carbocycles. The maximum Gasteiger partial charge on any atom is 0.254 e. The molecular weight excluding hydrogens is 280 g/mol. The number of hydrogen-bond donors (Lipinski definition) is 0. The van der Waals surface area contributed by atoms with Crippen LogP contribution < -0.4 is 4.90 Å². The summed E-state index contributed by atoms with van der Waals surface area (Å²) in [4.78, 5) is 13.3. The average molecular weight is 304 g/mol. The van der Waals surface area contributed by atoms with Crippen LogP contribution in [-0.2, 0) is 11.3 Å². The van der Waals surface area contributed by atoms with Crippen LogP contribution in [0.5, 0.6) is 0 Å². The zero-order chi connectivity index (χ0) is 15.5. The zero-order valence-corrected chi connectivity index (χ0v) is 13.6. The Bertz CT molecular complexity index is 620. The predicted molar refractivity (Wildman–Crippen MR) is 85.0 cm³/mol. The lowest BCUT2D eigenvalue weighted by molar-refractivity contribution is 0.181. The fourth-order valence-electron chi connectivity index (χ4n) is 3.06. The SMILES string of the molecule is COCc1cc(N(C)CC2CCN(C)CC2)n2ncnc2n1. The molecule has 0 atom stereocenters. The van der Waals surface area contributed by atoms with Gasteiger partial charge in [0.05, 0.1) is 12.3 Å². The van der Waals surface area contributed by atoms with Gasteiger partial charge in [0.2, 0.25) is 0 Å². The number of rotatable bonds is 5. The van der Waals surface area contributed by atoms with Crippen LogP contribution in [0.3, 0.4) is 0 Å². The lowest BCUT2D eigenvalue weighted by Gasteiger charge is -2.32. The van der Waals surface area contributed by atoms with Crippen molar-refractivity contribution in [2.75, 3.05) is 45.7 Å². The van der Waals surface area contributed by atoms with Gasteiger partial charge in [0, 0.05) is 26.8 Å². The van der Waals surface area contributed by atoms with Gasteiger partial charge in [-0.15, -0.1) is 0 Å². The second-order valence-electron chi connectivity index (χ2n) is 6.14. The van der Waals surface area contributed by atoms with E-state index in [0.717, 1.165) is 24.0 Å². The van der Waals surface area contributed by atoms with Crippen molar-refractivity contribution in [2.45, 2.75) is 19.4 Å². The molecule has 2 aromatic heterocycles. The Balaban J connectivity index is 1.80. The van der Waals surface area contributed by atoms with E-state index in [1.165, 1.54) is 25.9 Å². The molecule has 3 heterocycles. The van der Waals surface area contributed by atoms with Crippen LogP contribution in [0.4, 0.5) is 5.82 Å². The van der Waals surface area contributed by atoms with Crippen LogP contribution in [0, 0.1) is 5.92 Å². The highest BCUT2D eigenvalue weighted by molar-refractivity contribution is 5.46. The third-order valence-electron chi connectivity index (χ3n) is 4.34. The molecule has 0 unspecified atom stereocenters. The van der Waals surface area contributed by atoms with Crippen molar-refractivity contribution in [2.24, 2.45) is 5.92 Å². The van der Waals surface area contributed by atoms with Crippen molar-refractivity contribution >= 4 is 11.6 Å². The fraction of sp³-hybridized carbons (Fsp3) is 0.667. The Morgan fingerprint density at radius 3 is 2.86 bits per heavy atom. The molecule has 120 valence electrons. The number of aromatic nitrogens is 4. The number of piperidine rings is 1. The van der Waals surface area contributed by atoms with E-state index in [1.807, 2.05) is 6.07 Å². The van der Waals surface area contributed by atoms with Gasteiger partial charge in [-0.1, -0.05) is 0 Å². The molecule has 0 bridgehead atoms. The minimum absolute atomic E-state index is 0.485. The normalized spacial score (nSPS) is 17.2. The quantitative estimate of drug-likeness (QED) is 0.823. The smallest absolute Gasteiger partial charge is 0.254 e. The second kappa shape index (κ2) is 6.58. The summed E-state index contributed by atoms with van der Waals surface area (Å²) < 4.78 is 7.01. The maximum atomic E-state index is 5.21. The van der Waals surface area contributed by atoms with Gasteiger partial charge in [-0.2, -0.15) is 14.6 Å². The van der Waals surface area contributed by atoms with E-state index in [2.05, 4.69) is 39.0 Å². The summed E-state index contributed by atoms with van der Waals surface area (Å²) in [6, 6.07) is 2.04. The summed E-state index contributed by atoms with van der Waals surface area (Å²) in [6.45, 7) is 3.88. The molecular formula is C15H24N6O. The van der Waals surface area contributed by atoms with Crippen LogP contribution in [0.1, 0.15) is 18.5 Å². The Kier molecular flexibility index (Phi) is 4.54. The first-order chi connectivity index (χ1) is 10.7. The summed E-state index contributed by atoms with van der Waals surface area (Å²) in [5.41, 5.74) is 0.883. The van der Waals surface area contributed by atoms with E-state index in [1.54, 1.807) is 18.0 Å². The summed E-state index contributed by atoms with van der Waals surface area (Å²) in [7, 11) is 5.99. The Hall–Kier alpha value is -1.73. The summed E-state index contributed by atoms with van der Waals surface area (Å²) in [5.74, 6) is 2.37. The maximum absolute atomic E-state index is 5.21. The number of likely N-dealkylation sites (tertiary alicyclic amines) is 1. The molecule has 3 rings (SSSR count). The van der Waals surface area contributed by atoms with Crippen LogP contribution in [0.2, 0.25) is 0 Å². The third-order valence-corrected chi connectivity index (χ3v) is 4.34. The molecule has 0 N–H and O–H groups in total. The van der Waals surface area contributed by atoms with Crippen LogP contribution in [0.25, 0.3) is 5.78 Å². The molecule has 7 nitrogen and oxygen atoms in total. The average Bonchev–Trinajstić information content (AvgIpc) is 2.97.